The second-order valence-corrected chi connectivity index (χ2v) is 6.53. The molecule has 2 N–H and O–H groups in total. The van der Waals surface area contributed by atoms with Gasteiger partial charge in [0.1, 0.15) is 31.1 Å². The summed E-state index contributed by atoms with van der Waals surface area (Å²) in [6, 6.07) is 17.5. The van der Waals surface area contributed by atoms with Crippen molar-refractivity contribution >= 4 is 17.6 Å². The van der Waals surface area contributed by atoms with Gasteiger partial charge in [0, 0.05) is 25.3 Å². The smallest absolute Gasteiger partial charge is 0.331 e. The van der Waals surface area contributed by atoms with Gasteiger partial charge in [-0.05, 0) is 24.3 Å². The van der Waals surface area contributed by atoms with Crippen molar-refractivity contribution in [3.05, 3.63) is 60.2 Å². The summed E-state index contributed by atoms with van der Waals surface area (Å²) in [6.45, 7) is 0.845. The highest BCUT2D eigenvalue weighted by Crippen LogP contribution is 2.20. The first-order valence-electron chi connectivity index (χ1n) is 9.27. The highest BCUT2D eigenvalue weighted by Gasteiger charge is 2.36. The number of benzene rings is 2. The molecular formula is C21H22N4O4. The summed E-state index contributed by atoms with van der Waals surface area (Å²) in [6.07, 6.45) is -0.799. The minimum atomic E-state index is -0.799. The second-order valence-electron chi connectivity index (χ2n) is 6.53. The lowest BCUT2D eigenvalue weighted by atomic mass is 10.2. The molecular weight excluding hydrogens is 372 g/mol. The molecule has 1 fully saturated rings. The summed E-state index contributed by atoms with van der Waals surface area (Å²) in [5.41, 5.74) is 1.09. The first-order chi connectivity index (χ1) is 14.1. The summed E-state index contributed by atoms with van der Waals surface area (Å²) in [4.78, 5) is 27.3. The zero-order valence-corrected chi connectivity index (χ0v) is 15.8. The molecule has 8 heteroatoms. The number of rotatable bonds is 9. The van der Waals surface area contributed by atoms with Crippen LogP contribution in [0, 0.1) is 11.3 Å². The number of hydrogen-bond acceptors (Lipinski definition) is 6. The van der Waals surface area contributed by atoms with Crippen LogP contribution in [-0.2, 0) is 4.79 Å². The van der Waals surface area contributed by atoms with Crippen LogP contribution < -0.4 is 15.0 Å². The lowest BCUT2D eigenvalue weighted by Gasteiger charge is -2.18. The molecule has 8 nitrogen and oxygen atoms in total. The summed E-state index contributed by atoms with van der Waals surface area (Å²) in [5, 5.41) is 22.1. The number of urea groups is 1. The second kappa shape index (κ2) is 9.68. The zero-order chi connectivity index (χ0) is 20.6. The van der Waals surface area contributed by atoms with Crippen molar-refractivity contribution in [2.45, 2.75) is 6.10 Å². The fraction of sp³-hybridized carbons (Fsp3) is 0.286. The number of aliphatic hydroxyl groups is 1. The van der Waals surface area contributed by atoms with E-state index in [0.29, 0.717) is 23.5 Å². The molecule has 1 heterocycles. The Labute approximate surface area is 168 Å². The van der Waals surface area contributed by atoms with Crippen molar-refractivity contribution in [3.8, 4) is 11.8 Å². The number of ether oxygens (including phenoxy) is 1. The standard InChI is InChI=1S/C21H22N4O4/c22-12-16-6-4-5-9-19(16)29-15-18(26)13-23-10-11-24-20(27)14-25(21(24)28)17-7-2-1-3-8-17/h1-9,18,23,26H,10-11,13-15H2/t18-/m0/s1. The number of para-hydroxylation sites is 2. The Morgan fingerprint density at radius 2 is 1.86 bits per heavy atom. The Morgan fingerprint density at radius 1 is 1.14 bits per heavy atom. The van der Waals surface area contributed by atoms with Crippen molar-refractivity contribution in [3.63, 3.8) is 0 Å². The van der Waals surface area contributed by atoms with E-state index in [0.717, 1.165) is 0 Å². The molecule has 0 radical (unpaired) electrons. The fourth-order valence-electron chi connectivity index (χ4n) is 2.96. The number of nitrogens with one attached hydrogen (secondary N) is 1. The topological polar surface area (TPSA) is 106 Å². The van der Waals surface area contributed by atoms with E-state index in [4.69, 9.17) is 10.00 Å². The van der Waals surface area contributed by atoms with Gasteiger partial charge in [0.15, 0.2) is 0 Å². The largest absolute Gasteiger partial charge is 0.489 e. The minimum Gasteiger partial charge on any atom is -0.489 e. The lowest BCUT2D eigenvalue weighted by molar-refractivity contribution is -0.124. The van der Waals surface area contributed by atoms with Crippen LogP contribution in [0.1, 0.15) is 5.56 Å². The minimum absolute atomic E-state index is 0.0229. The maximum Gasteiger partial charge on any atom is 0.331 e. The Bertz CT molecular complexity index is 897. The number of carbonyl (C=O) groups excluding carboxylic acids is 2. The van der Waals surface area contributed by atoms with E-state index in [-0.39, 0.29) is 38.2 Å². The molecule has 3 amide bonds. The number of imide groups is 1. The molecule has 1 atom stereocenters. The van der Waals surface area contributed by atoms with Gasteiger partial charge in [-0.1, -0.05) is 30.3 Å². The van der Waals surface area contributed by atoms with Crippen molar-refractivity contribution < 1.29 is 19.4 Å². The van der Waals surface area contributed by atoms with Crippen molar-refractivity contribution in [1.29, 1.82) is 5.26 Å². The van der Waals surface area contributed by atoms with E-state index >= 15 is 0 Å². The van der Waals surface area contributed by atoms with Crippen LogP contribution in [0.15, 0.2) is 54.6 Å². The van der Waals surface area contributed by atoms with Crippen LogP contribution in [0.5, 0.6) is 5.75 Å². The van der Waals surface area contributed by atoms with Gasteiger partial charge >= 0.3 is 6.03 Å². The molecule has 2 aromatic carbocycles. The third kappa shape index (κ3) is 5.10. The molecule has 0 spiro atoms. The maximum absolute atomic E-state index is 12.5. The molecule has 0 unspecified atom stereocenters. The third-order valence-corrected chi connectivity index (χ3v) is 4.45. The number of aliphatic hydroxyl groups excluding tert-OH is 1. The lowest BCUT2D eigenvalue weighted by Crippen LogP contribution is -2.40. The molecule has 0 bridgehead atoms. The SMILES string of the molecule is N#Cc1ccccc1OC[C@@H](O)CNCCN1C(=O)CN(c2ccccc2)C1=O. The monoisotopic (exact) mass is 394 g/mol. The molecule has 0 aromatic heterocycles. The number of hydrogen-bond donors (Lipinski definition) is 2. The van der Waals surface area contributed by atoms with Gasteiger partial charge in [-0.25, -0.2) is 4.79 Å². The van der Waals surface area contributed by atoms with Gasteiger partial charge in [0.05, 0.1) is 5.56 Å². The molecule has 0 aliphatic carbocycles. The van der Waals surface area contributed by atoms with E-state index in [1.807, 2.05) is 24.3 Å². The van der Waals surface area contributed by atoms with Gasteiger partial charge in [-0.3, -0.25) is 14.6 Å². The Hall–Kier alpha value is -3.41. The molecule has 29 heavy (non-hydrogen) atoms. The van der Waals surface area contributed by atoms with E-state index in [2.05, 4.69) is 5.32 Å². The highest BCUT2D eigenvalue weighted by atomic mass is 16.5. The zero-order valence-electron chi connectivity index (χ0n) is 15.8. The van der Waals surface area contributed by atoms with Gasteiger partial charge in [0.2, 0.25) is 0 Å². The van der Waals surface area contributed by atoms with E-state index < -0.39 is 6.10 Å². The molecule has 150 valence electrons. The van der Waals surface area contributed by atoms with Crippen molar-refractivity contribution in [1.82, 2.24) is 10.2 Å². The molecule has 1 aliphatic heterocycles. The molecule has 0 saturated carbocycles. The third-order valence-electron chi connectivity index (χ3n) is 4.45. The molecule has 3 rings (SSSR count). The van der Waals surface area contributed by atoms with Crippen molar-refractivity contribution in [2.24, 2.45) is 0 Å². The van der Waals surface area contributed by atoms with Gasteiger partial charge in [-0.15, -0.1) is 0 Å². The van der Waals surface area contributed by atoms with Crippen LogP contribution >= 0.6 is 0 Å². The predicted octanol–water partition coefficient (Wildman–Crippen LogP) is 1.36. The first kappa shape index (κ1) is 20.3. The Balaban J connectivity index is 1.40. The number of nitrogens with zero attached hydrogens (tertiary/aromatic N) is 3. The van der Waals surface area contributed by atoms with Gasteiger partial charge in [-0.2, -0.15) is 5.26 Å². The summed E-state index contributed by atoms with van der Waals surface area (Å²) in [5.74, 6) is 0.168. The average Bonchev–Trinajstić information content (AvgIpc) is 3.04. The maximum atomic E-state index is 12.5. The predicted molar refractivity (Wildman–Crippen MR) is 106 cm³/mol. The van der Waals surface area contributed by atoms with E-state index in [9.17, 15) is 14.7 Å². The highest BCUT2D eigenvalue weighted by molar-refractivity contribution is 6.12. The molecule has 1 saturated heterocycles. The van der Waals surface area contributed by atoms with Crippen LogP contribution in [0.25, 0.3) is 0 Å². The number of amides is 3. The van der Waals surface area contributed by atoms with Crippen LogP contribution in [0.2, 0.25) is 0 Å². The number of carbonyl (C=O) groups is 2. The molecule has 1 aliphatic rings. The van der Waals surface area contributed by atoms with E-state index in [1.54, 1.807) is 36.4 Å². The van der Waals surface area contributed by atoms with Gasteiger partial charge < -0.3 is 15.2 Å². The number of nitriles is 1. The summed E-state index contributed by atoms with van der Waals surface area (Å²) >= 11 is 0. The van der Waals surface area contributed by atoms with Crippen molar-refractivity contribution in [2.75, 3.05) is 37.7 Å². The molecule has 2 aromatic rings. The fourth-order valence-corrected chi connectivity index (χ4v) is 2.96. The first-order valence-corrected chi connectivity index (χ1v) is 9.27. The Kier molecular flexibility index (Phi) is 6.79. The quantitative estimate of drug-likeness (QED) is 0.491. The Morgan fingerprint density at radius 3 is 2.62 bits per heavy atom. The van der Waals surface area contributed by atoms with E-state index in [1.165, 1.54) is 9.80 Å². The normalized spacial score (nSPS) is 14.8. The summed E-state index contributed by atoms with van der Waals surface area (Å²) < 4.78 is 5.48. The van der Waals surface area contributed by atoms with Crippen LogP contribution in [0.4, 0.5) is 10.5 Å². The van der Waals surface area contributed by atoms with Crippen LogP contribution in [0.3, 0.4) is 0 Å². The summed E-state index contributed by atoms with van der Waals surface area (Å²) in [7, 11) is 0. The van der Waals surface area contributed by atoms with Gasteiger partial charge in [0.25, 0.3) is 5.91 Å². The average molecular weight is 394 g/mol. The number of anilines is 1. The van der Waals surface area contributed by atoms with Crippen LogP contribution in [-0.4, -0.2) is 60.8 Å².